The molecule has 2 aromatic rings. The molecule has 1 heterocycles. The predicted octanol–water partition coefficient (Wildman–Crippen LogP) is 3.60. The minimum absolute atomic E-state index is 0.00289. The van der Waals surface area contributed by atoms with Crippen molar-refractivity contribution in [2.75, 3.05) is 5.32 Å². The van der Waals surface area contributed by atoms with Crippen molar-refractivity contribution in [3.63, 3.8) is 0 Å². The van der Waals surface area contributed by atoms with Gasteiger partial charge in [0.25, 0.3) is 0 Å². The number of rotatable bonds is 6. The van der Waals surface area contributed by atoms with Crippen molar-refractivity contribution in [2.45, 2.75) is 39.3 Å². The van der Waals surface area contributed by atoms with Gasteiger partial charge in [-0.3, -0.25) is 4.79 Å². The molecular formula is C17H22N2OS. The SMILES string of the molecule is Cc1ccc(NC(=O)C(C)NC(C)Cc2cccs2)cc1. The van der Waals surface area contributed by atoms with Crippen LogP contribution in [0.1, 0.15) is 24.3 Å². The molecule has 0 spiro atoms. The minimum Gasteiger partial charge on any atom is -0.325 e. The molecule has 2 N–H and O–H groups in total. The number of anilines is 1. The van der Waals surface area contributed by atoms with Gasteiger partial charge in [-0.15, -0.1) is 11.3 Å². The van der Waals surface area contributed by atoms with Crippen molar-refractivity contribution < 1.29 is 4.79 Å². The molecule has 4 heteroatoms. The summed E-state index contributed by atoms with van der Waals surface area (Å²) in [5, 5.41) is 8.36. The fourth-order valence-electron chi connectivity index (χ4n) is 2.18. The highest BCUT2D eigenvalue weighted by atomic mass is 32.1. The molecule has 0 radical (unpaired) electrons. The summed E-state index contributed by atoms with van der Waals surface area (Å²) in [7, 11) is 0. The van der Waals surface area contributed by atoms with Crippen LogP contribution in [0.4, 0.5) is 5.69 Å². The maximum Gasteiger partial charge on any atom is 0.241 e. The zero-order chi connectivity index (χ0) is 15.2. The number of hydrogen-bond donors (Lipinski definition) is 2. The van der Waals surface area contributed by atoms with Crippen LogP contribution in [0, 0.1) is 6.92 Å². The van der Waals surface area contributed by atoms with Crippen molar-refractivity contribution in [3.8, 4) is 0 Å². The van der Waals surface area contributed by atoms with Gasteiger partial charge in [-0.2, -0.15) is 0 Å². The van der Waals surface area contributed by atoms with E-state index in [1.807, 2.05) is 38.1 Å². The van der Waals surface area contributed by atoms with Crippen molar-refractivity contribution in [1.82, 2.24) is 5.32 Å². The van der Waals surface area contributed by atoms with E-state index in [0.717, 1.165) is 12.1 Å². The van der Waals surface area contributed by atoms with E-state index in [4.69, 9.17) is 0 Å². The summed E-state index contributed by atoms with van der Waals surface area (Å²) < 4.78 is 0. The van der Waals surface area contributed by atoms with Gasteiger partial charge in [0.15, 0.2) is 0 Å². The first-order chi connectivity index (χ1) is 10.0. The molecule has 0 bridgehead atoms. The van der Waals surface area contributed by atoms with Crippen molar-refractivity contribution >= 4 is 22.9 Å². The van der Waals surface area contributed by atoms with Crippen molar-refractivity contribution in [1.29, 1.82) is 0 Å². The molecule has 2 unspecified atom stereocenters. The lowest BCUT2D eigenvalue weighted by Gasteiger charge is -2.19. The highest BCUT2D eigenvalue weighted by molar-refractivity contribution is 7.09. The Morgan fingerprint density at radius 1 is 1.19 bits per heavy atom. The summed E-state index contributed by atoms with van der Waals surface area (Å²) in [5.41, 5.74) is 2.02. The second-order valence-electron chi connectivity index (χ2n) is 5.43. The van der Waals surface area contributed by atoms with E-state index in [1.165, 1.54) is 10.4 Å². The van der Waals surface area contributed by atoms with E-state index in [0.29, 0.717) is 0 Å². The Morgan fingerprint density at radius 3 is 2.52 bits per heavy atom. The fourth-order valence-corrected chi connectivity index (χ4v) is 3.01. The minimum atomic E-state index is -0.221. The monoisotopic (exact) mass is 302 g/mol. The first-order valence-electron chi connectivity index (χ1n) is 7.20. The Morgan fingerprint density at radius 2 is 1.90 bits per heavy atom. The zero-order valence-electron chi connectivity index (χ0n) is 12.7. The Hall–Kier alpha value is -1.65. The molecule has 21 heavy (non-hydrogen) atoms. The molecule has 2 atom stereocenters. The van der Waals surface area contributed by atoms with E-state index in [9.17, 15) is 4.79 Å². The molecule has 0 aliphatic carbocycles. The Balaban J connectivity index is 1.83. The third kappa shape index (κ3) is 4.99. The average Bonchev–Trinajstić information content (AvgIpc) is 2.94. The average molecular weight is 302 g/mol. The second kappa shape index (κ2) is 7.38. The quantitative estimate of drug-likeness (QED) is 0.856. The summed E-state index contributed by atoms with van der Waals surface area (Å²) in [6, 6.07) is 12.1. The normalized spacial score (nSPS) is 13.7. The number of aryl methyl sites for hydroxylation is 1. The van der Waals surface area contributed by atoms with Gasteiger partial charge in [-0.1, -0.05) is 23.8 Å². The van der Waals surface area contributed by atoms with E-state index in [2.05, 4.69) is 35.1 Å². The lowest BCUT2D eigenvalue weighted by Crippen LogP contribution is -2.43. The highest BCUT2D eigenvalue weighted by Gasteiger charge is 2.15. The first-order valence-corrected chi connectivity index (χ1v) is 8.08. The Bertz CT molecular complexity index is 563. The molecule has 1 amide bonds. The first kappa shape index (κ1) is 15.7. The fraction of sp³-hybridized carbons (Fsp3) is 0.353. The third-order valence-electron chi connectivity index (χ3n) is 3.33. The molecule has 112 valence electrons. The topological polar surface area (TPSA) is 41.1 Å². The molecule has 0 aliphatic rings. The van der Waals surface area contributed by atoms with Gasteiger partial charge in [-0.05, 0) is 50.8 Å². The molecular weight excluding hydrogens is 280 g/mol. The Labute approximate surface area is 130 Å². The number of carbonyl (C=O) groups excluding carboxylic acids is 1. The predicted molar refractivity (Wildman–Crippen MR) is 89.9 cm³/mol. The molecule has 1 aromatic heterocycles. The van der Waals surface area contributed by atoms with Crippen LogP contribution in [0.5, 0.6) is 0 Å². The van der Waals surface area contributed by atoms with Gasteiger partial charge in [0.05, 0.1) is 6.04 Å². The van der Waals surface area contributed by atoms with Gasteiger partial charge in [-0.25, -0.2) is 0 Å². The van der Waals surface area contributed by atoms with Crippen molar-refractivity contribution in [3.05, 3.63) is 52.2 Å². The number of thiophene rings is 1. The van der Waals surface area contributed by atoms with Gasteiger partial charge in [0.1, 0.15) is 0 Å². The summed E-state index contributed by atoms with van der Waals surface area (Å²) in [6.45, 7) is 6.03. The molecule has 0 saturated heterocycles. The van der Waals surface area contributed by atoms with E-state index in [1.54, 1.807) is 11.3 Å². The maximum atomic E-state index is 12.2. The molecule has 0 fully saturated rings. The van der Waals surface area contributed by atoms with E-state index < -0.39 is 0 Å². The third-order valence-corrected chi connectivity index (χ3v) is 4.23. The summed E-state index contributed by atoms with van der Waals surface area (Å²) in [4.78, 5) is 13.5. The van der Waals surface area contributed by atoms with E-state index >= 15 is 0 Å². The molecule has 0 saturated carbocycles. The van der Waals surface area contributed by atoms with E-state index in [-0.39, 0.29) is 18.0 Å². The van der Waals surface area contributed by atoms with Gasteiger partial charge >= 0.3 is 0 Å². The van der Waals surface area contributed by atoms with Crippen molar-refractivity contribution in [2.24, 2.45) is 0 Å². The number of amides is 1. The largest absolute Gasteiger partial charge is 0.325 e. The molecule has 0 aliphatic heterocycles. The van der Waals surface area contributed by atoms with Crippen LogP contribution in [-0.2, 0) is 11.2 Å². The number of nitrogens with one attached hydrogen (secondary N) is 2. The lowest BCUT2D eigenvalue weighted by molar-refractivity contribution is -0.117. The summed E-state index contributed by atoms with van der Waals surface area (Å²) >= 11 is 1.75. The number of benzene rings is 1. The zero-order valence-corrected chi connectivity index (χ0v) is 13.5. The number of carbonyl (C=O) groups is 1. The van der Waals surface area contributed by atoms with Gasteiger partial charge in [0, 0.05) is 16.6 Å². The van der Waals surface area contributed by atoms with Gasteiger partial charge < -0.3 is 10.6 Å². The second-order valence-corrected chi connectivity index (χ2v) is 6.46. The molecule has 2 rings (SSSR count). The summed E-state index contributed by atoms with van der Waals surface area (Å²) in [5.74, 6) is -0.00289. The van der Waals surface area contributed by atoms with Gasteiger partial charge in [0.2, 0.25) is 5.91 Å². The van der Waals surface area contributed by atoms with Crippen LogP contribution in [0.3, 0.4) is 0 Å². The standard InChI is InChI=1S/C17H22N2OS/c1-12-6-8-15(9-7-12)19-17(20)14(3)18-13(2)11-16-5-4-10-21-16/h4-10,13-14,18H,11H2,1-3H3,(H,19,20). The highest BCUT2D eigenvalue weighted by Crippen LogP contribution is 2.12. The van der Waals surface area contributed by atoms with Crippen LogP contribution in [-0.4, -0.2) is 18.0 Å². The number of hydrogen-bond acceptors (Lipinski definition) is 3. The smallest absolute Gasteiger partial charge is 0.241 e. The summed E-state index contributed by atoms with van der Waals surface area (Å²) in [6.07, 6.45) is 0.944. The maximum absolute atomic E-state index is 12.2. The lowest BCUT2D eigenvalue weighted by atomic mass is 10.1. The molecule has 1 aromatic carbocycles. The van der Waals surface area contributed by atoms with Crippen LogP contribution < -0.4 is 10.6 Å². The van der Waals surface area contributed by atoms with Crippen LogP contribution >= 0.6 is 11.3 Å². The molecule has 3 nitrogen and oxygen atoms in total. The Kier molecular flexibility index (Phi) is 5.53. The van der Waals surface area contributed by atoms with Crippen LogP contribution in [0.2, 0.25) is 0 Å². The van der Waals surface area contributed by atoms with Crippen LogP contribution in [0.25, 0.3) is 0 Å². The van der Waals surface area contributed by atoms with Crippen LogP contribution in [0.15, 0.2) is 41.8 Å².